The maximum atomic E-state index is 10.8. The zero-order chi connectivity index (χ0) is 21.8. The van der Waals surface area contributed by atoms with Crippen molar-refractivity contribution in [3.05, 3.63) is 45.1 Å². The quantitative estimate of drug-likeness (QED) is 0.579. The Labute approximate surface area is 189 Å². The van der Waals surface area contributed by atoms with Gasteiger partial charge in [0.1, 0.15) is 18.1 Å². The first-order chi connectivity index (χ1) is 15.0. The van der Waals surface area contributed by atoms with Crippen molar-refractivity contribution in [3.63, 3.8) is 0 Å². The summed E-state index contributed by atoms with van der Waals surface area (Å²) in [6, 6.07) is 6.30. The van der Waals surface area contributed by atoms with E-state index in [2.05, 4.69) is 36.3 Å². The van der Waals surface area contributed by atoms with Gasteiger partial charge in [-0.2, -0.15) is 0 Å². The first kappa shape index (κ1) is 22.2. The first-order valence-electron chi connectivity index (χ1n) is 11.4. The number of thiophene rings is 1. The summed E-state index contributed by atoms with van der Waals surface area (Å²) in [4.78, 5) is 14.4. The number of piperidine rings is 1. The zero-order valence-electron chi connectivity index (χ0n) is 18.6. The van der Waals surface area contributed by atoms with Crippen LogP contribution in [0, 0.1) is 6.92 Å². The molecule has 1 aromatic heterocycles. The smallest absolute Gasteiger partial charge is 0.304 e. The van der Waals surface area contributed by atoms with Crippen LogP contribution in [0.25, 0.3) is 0 Å². The number of rotatable bonds is 9. The number of aliphatic carboxylic acids is 1. The Balaban J connectivity index is 1.36. The third kappa shape index (κ3) is 4.90. The summed E-state index contributed by atoms with van der Waals surface area (Å²) in [5.74, 6) is 1.08. The molecule has 0 unspecified atom stereocenters. The minimum atomic E-state index is -0.725. The molecule has 6 heteroatoms. The van der Waals surface area contributed by atoms with Gasteiger partial charge in [0.15, 0.2) is 0 Å². The molecule has 0 aliphatic carbocycles. The van der Waals surface area contributed by atoms with Crippen molar-refractivity contribution < 1.29 is 19.4 Å². The molecule has 1 aromatic carbocycles. The fourth-order valence-corrected chi connectivity index (χ4v) is 5.73. The average Bonchev–Trinajstić information content (AvgIpc) is 3.30. The molecular formula is C25H33NO4S. The molecule has 0 amide bonds. The van der Waals surface area contributed by atoms with Gasteiger partial charge in [0.2, 0.25) is 0 Å². The van der Waals surface area contributed by atoms with Gasteiger partial charge < -0.3 is 19.5 Å². The van der Waals surface area contributed by atoms with Crippen LogP contribution in [0.2, 0.25) is 0 Å². The van der Waals surface area contributed by atoms with Gasteiger partial charge in [-0.05, 0) is 68.3 Å². The highest BCUT2D eigenvalue weighted by atomic mass is 32.1. The van der Waals surface area contributed by atoms with Crippen molar-refractivity contribution in [1.82, 2.24) is 4.90 Å². The van der Waals surface area contributed by atoms with E-state index in [0.29, 0.717) is 19.8 Å². The van der Waals surface area contributed by atoms with Gasteiger partial charge in [0.25, 0.3) is 0 Å². The maximum Gasteiger partial charge on any atom is 0.304 e. The molecule has 0 radical (unpaired) electrons. The van der Waals surface area contributed by atoms with Crippen LogP contribution in [-0.2, 0) is 23.2 Å². The van der Waals surface area contributed by atoms with Gasteiger partial charge in [-0.25, -0.2) is 0 Å². The number of ether oxygens (including phenoxy) is 2. The van der Waals surface area contributed by atoms with Crippen LogP contribution in [0.1, 0.15) is 60.6 Å². The van der Waals surface area contributed by atoms with Crippen LogP contribution in [-0.4, -0.2) is 42.2 Å². The number of aryl methyl sites for hydroxylation is 1. The molecule has 2 aromatic rings. The fraction of sp³-hybridized carbons (Fsp3) is 0.560. The number of carbonyl (C=O) groups is 1. The number of carboxylic acids is 1. The Kier molecular flexibility index (Phi) is 6.87. The third-order valence-corrected chi connectivity index (χ3v) is 8.01. The number of benzene rings is 1. The topological polar surface area (TPSA) is 59.0 Å². The normalized spacial score (nSPS) is 17.5. The first-order valence-corrected chi connectivity index (χ1v) is 12.3. The molecule has 2 aliphatic rings. The Morgan fingerprint density at radius 1 is 1.32 bits per heavy atom. The van der Waals surface area contributed by atoms with Crippen molar-refractivity contribution >= 4 is 17.3 Å². The number of carboxylic acid groups (broad SMARTS) is 1. The molecule has 31 heavy (non-hydrogen) atoms. The van der Waals surface area contributed by atoms with Crippen LogP contribution in [0.3, 0.4) is 0 Å². The van der Waals surface area contributed by atoms with Crippen molar-refractivity contribution in [2.45, 2.75) is 64.4 Å². The lowest BCUT2D eigenvalue weighted by molar-refractivity contribution is -0.137. The second kappa shape index (κ2) is 9.61. The number of fused-ring (bicyclic) bond motifs is 2. The van der Waals surface area contributed by atoms with E-state index >= 15 is 0 Å². The van der Waals surface area contributed by atoms with E-state index < -0.39 is 5.97 Å². The zero-order valence-corrected chi connectivity index (χ0v) is 19.4. The lowest BCUT2D eigenvalue weighted by Gasteiger charge is -2.38. The lowest BCUT2D eigenvalue weighted by Crippen LogP contribution is -2.44. The van der Waals surface area contributed by atoms with Crippen LogP contribution in [0.4, 0.5) is 0 Å². The Bertz CT molecular complexity index is 914. The minimum Gasteiger partial charge on any atom is -0.492 e. The van der Waals surface area contributed by atoms with Gasteiger partial charge in [-0.15, -0.1) is 11.3 Å². The van der Waals surface area contributed by atoms with Crippen molar-refractivity contribution in [2.75, 3.05) is 26.2 Å². The van der Waals surface area contributed by atoms with Crippen LogP contribution in [0.5, 0.6) is 11.5 Å². The number of hydrogen-bond donors (Lipinski definition) is 1. The highest BCUT2D eigenvalue weighted by Gasteiger charge is 2.43. The SMILES string of the molecule is CCCCc1csc(COc2ccc3c(c2)OCC32CCN(CCC(=O)O)CC2)c1C. The second-order valence-corrected chi connectivity index (χ2v) is 9.88. The predicted octanol–water partition coefficient (Wildman–Crippen LogP) is 5.18. The number of hydrogen-bond acceptors (Lipinski definition) is 5. The summed E-state index contributed by atoms with van der Waals surface area (Å²) in [7, 11) is 0. The lowest BCUT2D eigenvalue weighted by atomic mass is 9.74. The van der Waals surface area contributed by atoms with Crippen LogP contribution in [0.15, 0.2) is 23.6 Å². The van der Waals surface area contributed by atoms with Gasteiger partial charge >= 0.3 is 5.97 Å². The van der Waals surface area contributed by atoms with Gasteiger partial charge in [0, 0.05) is 28.5 Å². The number of unbranched alkanes of at least 4 members (excludes halogenated alkanes) is 1. The molecular weight excluding hydrogens is 410 g/mol. The summed E-state index contributed by atoms with van der Waals surface area (Å²) < 4.78 is 12.2. The molecule has 1 saturated heterocycles. The summed E-state index contributed by atoms with van der Waals surface area (Å²) >= 11 is 1.80. The van der Waals surface area contributed by atoms with Gasteiger partial charge in [-0.1, -0.05) is 19.4 Å². The Morgan fingerprint density at radius 2 is 2.13 bits per heavy atom. The third-order valence-electron chi connectivity index (χ3n) is 6.90. The van der Waals surface area contributed by atoms with E-state index in [4.69, 9.17) is 14.6 Å². The summed E-state index contributed by atoms with van der Waals surface area (Å²) in [6.07, 6.45) is 5.84. The molecule has 0 atom stereocenters. The molecule has 1 fully saturated rings. The molecule has 1 spiro atoms. The molecule has 1 N–H and O–H groups in total. The van der Waals surface area contributed by atoms with E-state index in [-0.39, 0.29) is 11.8 Å². The van der Waals surface area contributed by atoms with E-state index in [0.717, 1.165) is 43.9 Å². The molecule has 2 aliphatic heterocycles. The molecule has 0 bridgehead atoms. The summed E-state index contributed by atoms with van der Waals surface area (Å²) in [5, 5.41) is 11.2. The van der Waals surface area contributed by atoms with Crippen molar-refractivity contribution in [3.8, 4) is 11.5 Å². The molecule has 168 valence electrons. The Hall–Kier alpha value is -2.05. The van der Waals surface area contributed by atoms with E-state index in [1.54, 1.807) is 11.3 Å². The highest BCUT2D eigenvalue weighted by molar-refractivity contribution is 7.10. The number of nitrogens with zero attached hydrogens (tertiary/aromatic N) is 1. The summed E-state index contributed by atoms with van der Waals surface area (Å²) in [6.45, 7) is 8.23. The van der Waals surface area contributed by atoms with Crippen LogP contribution < -0.4 is 9.47 Å². The standard InChI is InChI=1S/C25H33NO4S/c1-3-4-5-19-16-31-23(18(19)2)15-29-20-6-7-21-22(14-20)30-17-25(21)9-12-26(13-10-25)11-8-24(27)28/h6-7,14,16H,3-5,8-13,15,17H2,1-2H3,(H,27,28). The monoisotopic (exact) mass is 443 g/mol. The van der Waals surface area contributed by atoms with E-state index in [9.17, 15) is 4.79 Å². The largest absolute Gasteiger partial charge is 0.492 e. The summed E-state index contributed by atoms with van der Waals surface area (Å²) in [5.41, 5.74) is 4.18. The molecule has 0 saturated carbocycles. The Morgan fingerprint density at radius 3 is 2.87 bits per heavy atom. The van der Waals surface area contributed by atoms with E-state index in [1.165, 1.54) is 34.4 Å². The second-order valence-electron chi connectivity index (χ2n) is 8.91. The average molecular weight is 444 g/mol. The highest BCUT2D eigenvalue weighted by Crippen LogP contribution is 2.46. The predicted molar refractivity (Wildman–Crippen MR) is 124 cm³/mol. The molecule has 3 heterocycles. The number of likely N-dealkylation sites (tertiary alicyclic amines) is 1. The fourth-order valence-electron chi connectivity index (χ4n) is 4.72. The van der Waals surface area contributed by atoms with Crippen molar-refractivity contribution in [1.29, 1.82) is 0 Å². The van der Waals surface area contributed by atoms with Crippen LogP contribution >= 0.6 is 11.3 Å². The van der Waals surface area contributed by atoms with Crippen molar-refractivity contribution in [2.24, 2.45) is 0 Å². The minimum absolute atomic E-state index is 0.0616. The van der Waals surface area contributed by atoms with Gasteiger partial charge in [0.05, 0.1) is 13.0 Å². The molecule has 5 nitrogen and oxygen atoms in total. The maximum absolute atomic E-state index is 10.8. The molecule has 4 rings (SSSR count). The van der Waals surface area contributed by atoms with Gasteiger partial charge in [-0.3, -0.25) is 4.79 Å². The van der Waals surface area contributed by atoms with E-state index in [1.807, 2.05) is 6.07 Å².